The number of hydrogen-bond donors (Lipinski definition) is 1. The monoisotopic (exact) mass is 384 g/mol. The van der Waals surface area contributed by atoms with Gasteiger partial charge in [-0.25, -0.2) is 9.97 Å². The summed E-state index contributed by atoms with van der Waals surface area (Å²) in [6, 6.07) is 7.44. The number of nitro benzene ring substituents is 1. The van der Waals surface area contributed by atoms with Gasteiger partial charge >= 0.3 is 0 Å². The second-order valence-electron chi connectivity index (χ2n) is 6.56. The molecule has 1 aliphatic heterocycles. The van der Waals surface area contributed by atoms with Gasteiger partial charge in [0.05, 0.1) is 17.0 Å². The van der Waals surface area contributed by atoms with Crippen molar-refractivity contribution in [1.82, 2.24) is 14.9 Å². The molecule has 1 aliphatic rings. The molecule has 1 saturated heterocycles. The van der Waals surface area contributed by atoms with Gasteiger partial charge in [-0.15, -0.1) is 11.3 Å². The van der Waals surface area contributed by atoms with Crippen molar-refractivity contribution < 1.29 is 4.92 Å². The van der Waals surface area contributed by atoms with Gasteiger partial charge in [-0.1, -0.05) is 6.07 Å². The third-order valence-electron chi connectivity index (χ3n) is 4.78. The van der Waals surface area contributed by atoms with Crippen LogP contribution in [0.15, 0.2) is 36.0 Å². The Morgan fingerprint density at radius 3 is 2.78 bits per heavy atom. The van der Waals surface area contributed by atoms with E-state index in [-0.39, 0.29) is 10.6 Å². The van der Waals surface area contributed by atoms with Crippen LogP contribution in [-0.4, -0.2) is 53.0 Å². The number of fused-ring (bicyclic) bond motifs is 1. The molecule has 0 aliphatic carbocycles. The molecule has 4 rings (SSSR count). The summed E-state index contributed by atoms with van der Waals surface area (Å²) in [4.78, 5) is 25.5. The average molecular weight is 384 g/mol. The van der Waals surface area contributed by atoms with E-state index in [0.29, 0.717) is 29.0 Å². The smallest absolute Gasteiger partial charge is 0.293 e. The first-order valence-electron chi connectivity index (χ1n) is 8.75. The summed E-state index contributed by atoms with van der Waals surface area (Å²) >= 11 is 1.65. The highest BCUT2D eigenvalue weighted by atomic mass is 32.1. The number of hydrogen-bond acceptors (Lipinski definition) is 8. The van der Waals surface area contributed by atoms with Crippen LogP contribution in [-0.2, 0) is 6.54 Å². The standard InChI is InChI=1S/C18H20N6O2S/c1-22-4-6-23(7-5-22)16-10-15-14(9-17(16)24(25)26)18(21-12-20-15)19-11-13-3-2-8-27-13/h2-3,8-10,12H,4-7,11H2,1H3,(H,19,20,21). The van der Waals surface area contributed by atoms with Gasteiger partial charge in [0.15, 0.2) is 0 Å². The Labute approximate surface area is 160 Å². The Morgan fingerprint density at radius 2 is 2.07 bits per heavy atom. The van der Waals surface area contributed by atoms with Crippen molar-refractivity contribution in [3.05, 3.63) is 51.0 Å². The van der Waals surface area contributed by atoms with Gasteiger partial charge in [0.25, 0.3) is 5.69 Å². The zero-order valence-electron chi connectivity index (χ0n) is 15.0. The summed E-state index contributed by atoms with van der Waals surface area (Å²) in [6.07, 6.45) is 1.50. The third kappa shape index (κ3) is 3.69. The number of likely N-dealkylation sites (N-methyl/N-ethyl adjacent to an activating group) is 1. The van der Waals surface area contributed by atoms with Crippen molar-refractivity contribution in [2.45, 2.75) is 6.54 Å². The Kier molecular flexibility index (Phi) is 4.87. The normalized spacial score (nSPS) is 15.2. The van der Waals surface area contributed by atoms with E-state index in [2.05, 4.69) is 32.1 Å². The number of nitro groups is 1. The number of anilines is 2. The van der Waals surface area contributed by atoms with Gasteiger partial charge in [0.1, 0.15) is 17.8 Å². The van der Waals surface area contributed by atoms with E-state index in [0.717, 1.165) is 26.2 Å². The molecule has 0 amide bonds. The molecule has 27 heavy (non-hydrogen) atoms. The topological polar surface area (TPSA) is 87.4 Å². The number of piperazine rings is 1. The molecule has 0 unspecified atom stereocenters. The van der Waals surface area contributed by atoms with Crippen LogP contribution in [0.5, 0.6) is 0 Å². The molecule has 8 nitrogen and oxygen atoms in total. The molecular weight excluding hydrogens is 364 g/mol. The van der Waals surface area contributed by atoms with Crippen molar-refractivity contribution in [2.24, 2.45) is 0 Å². The highest BCUT2D eigenvalue weighted by molar-refractivity contribution is 7.09. The van der Waals surface area contributed by atoms with Gasteiger partial charge in [-0.05, 0) is 24.6 Å². The van der Waals surface area contributed by atoms with Gasteiger partial charge in [0.2, 0.25) is 0 Å². The van der Waals surface area contributed by atoms with E-state index in [1.54, 1.807) is 17.4 Å². The highest BCUT2D eigenvalue weighted by Gasteiger charge is 2.24. The highest BCUT2D eigenvalue weighted by Crippen LogP contribution is 2.35. The fourth-order valence-electron chi connectivity index (χ4n) is 3.25. The molecule has 9 heteroatoms. The van der Waals surface area contributed by atoms with E-state index >= 15 is 0 Å². The molecule has 1 fully saturated rings. The van der Waals surface area contributed by atoms with Crippen LogP contribution in [0.4, 0.5) is 17.2 Å². The second-order valence-corrected chi connectivity index (χ2v) is 7.59. The van der Waals surface area contributed by atoms with Crippen LogP contribution < -0.4 is 10.2 Å². The van der Waals surface area contributed by atoms with Crippen LogP contribution in [0.1, 0.15) is 4.88 Å². The van der Waals surface area contributed by atoms with E-state index in [1.807, 2.05) is 23.6 Å². The SMILES string of the molecule is CN1CCN(c2cc3ncnc(NCc4cccs4)c3cc2[N+](=O)[O-])CC1. The average Bonchev–Trinajstić information content (AvgIpc) is 3.19. The Hall–Kier alpha value is -2.78. The predicted molar refractivity (Wildman–Crippen MR) is 108 cm³/mol. The maximum absolute atomic E-state index is 11.7. The molecule has 3 aromatic rings. The minimum Gasteiger partial charge on any atom is -0.365 e. The molecule has 0 saturated carbocycles. The van der Waals surface area contributed by atoms with Crippen LogP contribution in [0, 0.1) is 10.1 Å². The number of nitrogens with zero attached hydrogens (tertiary/aromatic N) is 5. The maximum Gasteiger partial charge on any atom is 0.293 e. The van der Waals surface area contributed by atoms with E-state index in [9.17, 15) is 10.1 Å². The van der Waals surface area contributed by atoms with Crippen molar-refractivity contribution in [1.29, 1.82) is 0 Å². The zero-order valence-corrected chi connectivity index (χ0v) is 15.8. The lowest BCUT2D eigenvalue weighted by Crippen LogP contribution is -2.44. The molecule has 0 radical (unpaired) electrons. The molecular formula is C18H20N6O2S. The number of aromatic nitrogens is 2. The first-order valence-corrected chi connectivity index (χ1v) is 9.62. The Bertz CT molecular complexity index is 954. The molecule has 0 spiro atoms. The van der Waals surface area contributed by atoms with Crippen LogP contribution in [0.3, 0.4) is 0 Å². The largest absolute Gasteiger partial charge is 0.365 e. The maximum atomic E-state index is 11.7. The van der Waals surface area contributed by atoms with Crippen molar-refractivity contribution in [3.63, 3.8) is 0 Å². The fourth-order valence-corrected chi connectivity index (χ4v) is 3.90. The lowest BCUT2D eigenvalue weighted by molar-refractivity contribution is -0.384. The van der Waals surface area contributed by atoms with Gasteiger partial charge in [-0.3, -0.25) is 10.1 Å². The number of rotatable bonds is 5. The molecule has 0 bridgehead atoms. The van der Waals surface area contributed by atoms with Gasteiger partial charge in [-0.2, -0.15) is 0 Å². The van der Waals surface area contributed by atoms with Crippen LogP contribution in [0.25, 0.3) is 10.9 Å². The van der Waals surface area contributed by atoms with Gasteiger partial charge < -0.3 is 15.1 Å². The molecule has 1 aromatic carbocycles. The molecule has 3 heterocycles. The van der Waals surface area contributed by atoms with E-state index in [4.69, 9.17) is 0 Å². The van der Waals surface area contributed by atoms with Crippen molar-refractivity contribution in [3.8, 4) is 0 Å². The number of nitrogens with one attached hydrogen (secondary N) is 1. The molecule has 1 N–H and O–H groups in total. The number of thiophene rings is 1. The van der Waals surface area contributed by atoms with E-state index < -0.39 is 0 Å². The van der Waals surface area contributed by atoms with Crippen LogP contribution in [0.2, 0.25) is 0 Å². The summed E-state index contributed by atoms with van der Waals surface area (Å²) in [5.41, 5.74) is 1.43. The summed E-state index contributed by atoms with van der Waals surface area (Å²) in [5, 5.41) is 17.7. The number of benzene rings is 1. The zero-order chi connectivity index (χ0) is 18.8. The first kappa shape index (κ1) is 17.6. The first-order chi connectivity index (χ1) is 13.1. The molecule has 0 atom stereocenters. The quantitative estimate of drug-likeness (QED) is 0.534. The fraction of sp³-hybridized carbons (Fsp3) is 0.333. The summed E-state index contributed by atoms with van der Waals surface area (Å²) < 4.78 is 0. The minimum absolute atomic E-state index is 0.0982. The van der Waals surface area contributed by atoms with Gasteiger partial charge in [0, 0.05) is 42.5 Å². The van der Waals surface area contributed by atoms with Crippen molar-refractivity contribution in [2.75, 3.05) is 43.4 Å². The van der Waals surface area contributed by atoms with E-state index in [1.165, 1.54) is 11.2 Å². The molecule has 140 valence electrons. The third-order valence-corrected chi connectivity index (χ3v) is 5.66. The summed E-state index contributed by atoms with van der Waals surface area (Å²) in [7, 11) is 2.06. The predicted octanol–water partition coefficient (Wildman–Crippen LogP) is 2.96. The summed E-state index contributed by atoms with van der Waals surface area (Å²) in [5.74, 6) is 0.612. The Balaban J connectivity index is 1.71. The van der Waals surface area contributed by atoms with Crippen LogP contribution >= 0.6 is 11.3 Å². The molecule has 2 aromatic heterocycles. The minimum atomic E-state index is -0.316. The van der Waals surface area contributed by atoms with Crippen molar-refractivity contribution >= 4 is 39.4 Å². The lowest BCUT2D eigenvalue weighted by atomic mass is 10.1. The Morgan fingerprint density at radius 1 is 1.26 bits per heavy atom. The lowest BCUT2D eigenvalue weighted by Gasteiger charge is -2.33. The second kappa shape index (κ2) is 7.45. The summed E-state index contributed by atoms with van der Waals surface area (Å²) in [6.45, 7) is 3.91.